The third kappa shape index (κ3) is 5.41. The molecule has 2 N–H and O–H groups in total. The van der Waals surface area contributed by atoms with Gasteiger partial charge in [-0.15, -0.1) is 0 Å². The molecule has 0 atom stereocenters. The van der Waals surface area contributed by atoms with Gasteiger partial charge in [0, 0.05) is 41.3 Å². The molecule has 198 valence electrons. The number of benzene rings is 1. The predicted octanol–water partition coefficient (Wildman–Crippen LogP) is 5.45. The molecule has 1 aliphatic heterocycles. The summed E-state index contributed by atoms with van der Waals surface area (Å²) in [7, 11) is 0. The van der Waals surface area contributed by atoms with Crippen LogP contribution in [0, 0.1) is 10.8 Å². The van der Waals surface area contributed by atoms with Gasteiger partial charge in [-0.3, -0.25) is 14.4 Å². The van der Waals surface area contributed by atoms with Gasteiger partial charge in [-0.1, -0.05) is 27.7 Å². The van der Waals surface area contributed by atoms with Gasteiger partial charge < -0.3 is 19.8 Å². The van der Waals surface area contributed by atoms with Gasteiger partial charge >= 0.3 is 11.9 Å². The number of rotatable bonds is 6. The van der Waals surface area contributed by atoms with Crippen LogP contribution in [0.3, 0.4) is 0 Å². The second-order valence-corrected chi connectivity index (χ2v) is 13.2. The molecule has 0 amide bonds. The van der Waals surface area contributed by atoms with E-state index in [-0.39, 0.29) is 41.8 Å². The van der Waals surface area contributed by atoms with Crippen molar-refractivity contribution in [2.45, 2.75) is 59.3 Å². The summed E-state index contributed by atoms with van der Waals surface area (Å²) in [4.78, 5) is 52.1. The number of carbonyl (C=O) groups excluding carboxylic acids is 2. The van der Waals surface area contributed by atoms with Crippen molar-refractivity contribution in [2.75, 3.05) is 13.2 Å². The number of carboxylic acid groups (broad SMARTS) is 2. The number of nitrogens with zero attached hydrogens (tertiary/aromatic N) is 1. The van der Waals surface area contributed by atoms with Gasteiger partial charge in [-0.25, -0.2) is 4.79 Å². The summed E-state index contributed by atoms with van der Waals surface area (Å²) < 4.78 is 6.37. The van der Waals surface area contributed by atoms with E-state index in [2.05, 4.69) is 31.9 Å². The molecule has 1 aromatic carbocycles. The molecule has 0 unspecified atom stereocenters. The monoisotopic (exact) mass is 637 g/mol. The molecule has 8 nitrogen and oxygen atoms in total. The van der Waals surface area contributed by atoms with E-state index >= 15 is 0 Å². The number of halogens is 2. The highest BCUT2D eigenvalue weighted by Gasteiger charge is 2.49. The lowest BCUT2D eigenvalue weighted by atomic mass is 9.63. The van der Waals surface area contributed by atoms with Crippen molar-refractivity contribution in [3.05, 3.63) is 49.2 Å². The summed E-state index contributed by atoms with van der Waals surface area (Å²) in [6, 6.07) is 3.49. The predicted molar refractivity (Wildman–Crippen MR) is 142 cm³/mol. The van der Waals surface area contributed by atoms with Gasteiger partial charge in [0.25, 0.3) is 0 Å². The van der Waals surface area contributed by atoms with Crippen LogP contribution in [0.4, 0.5) is 0 Å². The van der Waals surface area contributed by atoms with E-state index < -0.39 is 24.5 Å². The van der Waals surface area contributed by atoms with Crippen molar-refractivity contribution >= 4 is 55.4 Å². The van der Waals surface area contributed by atoms with Gasteiger partial charge in [0.15, 0.2) is 18.2 Å². The molecule has 0 radical (unpaired) electrons. The molecule has 1 heterocycles. The molecule has 10 heteroatoms. The summed E-state index contributed by atoms with van der Waals surface area (Å²) in [6.07, 6.45) is 1.58. The number of hydrogen-bond acceptors (Lipinski definition) is 6. The minimum Gasteiger partial charge on any atom is -0.480 e. The number of carboxylic acids is 2. The van der Waals surface area contributed by atoms with E-state index in [9.17, 15) is 24.3 Å². The molecule has 0 spiro atoms. The lowest BCUT2D eigenvalue weighted by Crippen LogP contribution is -2.45. The van der Waals surface area contributed by atoms with Crippen LogP contribution in [0.2, 0.25) is 0 Å². The Hall–Kier alpha value is -2.46. The van der Waals surface area contributed by atoms with Gasteiger partial charge in [0.2, 0.25) is 0 Å². The second kappa shape index (κ2) is 9.69. The number of Topliss-reactive ketones (excluding diaryl/α,β-unsaturated/α-hetero) is 2. The number of carbonyl (C=O) groups is 4. The minimum absolute atomic E-state index is 0.103. The summed E-state index contributed by atoms with van der Waals surface area (Å²) in [5, 5.41) is 18.8. The standard InChI is InChI=1S/C27H29Br2NO7/c1-26(2)7-16-23(18(31)9-26)22(13-5-14(28)25(15(29)6-13)37-12-21(35)36)24-17(30(16)11-20(33)34)8-27(3,4)10-19(24)32/h5-6,22H,7-12H2,1-4H3,(H,33,34)(H,35,36). The Kier molecular flexibility index (Phi) is 7.22. The first kappa shape index (κ1) is 27.6. The molecule has 0 bridgehead atoms. The molecule has 4 rings (SSSR count). The van der Waals surface area contributed by atoms with Crippen molar-refractivity contribution in [1.29, 1.82) is 0 Å². The molecular formula is C27H29Br2NO7. The Balaban J connectivity index is 1.97. The molecule has 0 saturated carbocycles. The molecular weight excluding hydrogens is 610 g/mol. The summed E-state index contributed by atoms with van der Waals surface area (Å²) >= 11 is 6.93. The first-order chi connectivity index (χ1) is 17.1. The fourth-order valence-corrected chi connectivity index (χ4v) is 7.18. The fourth-order valence-electron chi connectivity index (χ4n) is 5.73. The second-order valence-electron chi connectivity index (χ2n) is 11.5. The van der Waals surface area contributed by atoms with E-state index in [1.165, 1.54) is 0 Å². The van der Waals surface area contributed by atoms with E-state index in [1.54, 1.807) is 17.0 Å². The summed E-state index contributed by atoms with van der Waals surface area (Å²) in [5.41, 5.74) is 2.19. The molecule has 3 aliphatic rings. The number of aliphatic carboxylic acids is 2. The molecule has 1 aromatic rings. The van der Waals surface area contributed by atoms with Gasteiger partial charge in [-0.2, -0.15) is 0 Å². The largest absolute Gasteiger partial charge is 0.480 e. The number of ether oxygens (including phenoxy) is 1. The number of ketones is 2. The summed E-state index contributed by atoms with van der Waals surface area (Å²) in [5.74, 6) is -2.73. The van der Waals surface area contributed by atoms with Gasteiger partial charge in [-0.05, 0) is 73.2 Å². The lowest BCUT2D eigenvalue weighted by molar-refractivity contribution is -0.139. The molecule has 37 heavy (non-hydrogen) atoms. The van der Waals surface area contributed by atoms with Crippen LogP contribution in [0.5, 0.6) is 5.75 Å². The normalized spacial score (nSPS) is 21.1. The third-order valence-electron chi connectivity index (χ3n) is 7.01. The number of hydrogen-bond donors (Lipinski definition) is 2. The Morgan fingerprint density at radius 2 is 1.35 bits per heavy atom. The zero-order valence-electron chi connectivity index (χ0n) is 21.1. The third-order valence-corrected chi connectivity index (χ3v) is 8.19. The van der Waals surface area contributed by atoms with Crippen molar-refractivity contribution in [1.82, 2.24) is 4.90 Å². The maximum atomic E-state index is 13.7. The first-order valence-electron chi connectivity index (χ1n) is 12.0. The van der Waals surface area contributed by atoms with Crippen LogP contribution in [0.15, 0.2) is 43.6 Å². The SMILES string of the molecule is CC1(C)CC(=O)C2=C(C1)N(CC(=O)O)C1=C(C(=O)CC(C)(C)C1)C2c1cc(Br)c(OCC(=O)O)c(Br)c1. The summed E-state index contributed by atoms with van der Waals surface area (Å²) in [6.45, 7) is 7.10. The van der Waals surface area contributed by atoms with Crippen LogP contribution < -0.4 is 4.74 Å². The highest BCUT2D eigenvalue weighted by atomic mass is 79.9. The highest BCUT2D eigenvalue weighted by molar-refractivity contribution is 9.11. The van der Waals surface area contributed by atoms with Crippen LogP contribution in [-0.2, 0) is 19.2 Å². The van der Waals surface area contributed by atoms with E-state index in [0.29, 0.717) is 55.6 Å². The smallest absolute Gasteiger partial charge is 0.341 e. The zero-order chi connectivity index (χ0) is 27.4. The van der Waals surface area contributed by atoms with E-state index in [0.717, 1.165) is 0 Å². The van der Waals surface area contributed by atoms with Crippen molar-refractivity contribution in [3.63, 3.8) is 0 Å². The first-order valence-corrected chi connectivity index (χ1v) is 13.5. The Morgan fingerprint density at radius 3 is 1.76 bits per heavy atom. The van der Waals surface area contributed by atoms with Crippen molar-refractivity contribution in [3.8, 4) is 5.75 Å². The molecule has 2 aliphatic carbocycles. The Morgan fingerprint density at radius 1 is 0.892 bits per heavy atom. The van der Waals surface area contributed by atoms with Gasteiger partial charge in [0.1, 0.15) is 12.3 Å². The van der Waals surface area contributed by atoms with Crippen LogP contribution in [0.1, 0.15) is 64.9 Å². The highest BCUT2D eigenvalue weighted by Crippen LogP contribution is 2.55. The molecule has 0 fully saturated rings. The van der Waals surface area contributed by atoms with Crippen molar-refractivity contribution < 1.29 is 34.1 Å². The van der Waals surface area contributed by atoms with Crippen LogP contribution in [0.25, 0.3) is 0 Å². The topological polar surface area (TPSA) is 121 Å². The van der Waals surface area contributed by atoms with Gasteiger partial charge in [0.05, 0.1) is 8.95 Å². The molecule has 0 saturated heterocycles. The fraction of sp³-hybridized carbons (Fsp3) is 0.481. The van der Waals surface area contributed by atoms with Crippen molar-refractivity contribution in [2.24, 2.45) is 10.8 Å². The van der Waals surface area contributed by atoms with E-state index in [4.69, 9.17) is 9.84 Å². The number of allylic oxidation sites excluding steroid dienone is 4. The van der Waals surface area contributed by atoms with E-state index in [1.807, 2.05) is 27.7 Å². The van der Waals surface area contributed by atoms with Crippen LogP contribution >= 0.6 is 31.9 Å². The molecule has 0 aromatic heterocycles. The quantitative estimate of drug-likeness (QED) is 0.422. The average Bonchev–Trinajstić information content (AvgIpc) is 2.71. The minimum atomic E-state index is -1.12. The average molecular weight is 639 g/mol. The Bertz CT molecular complexity index is 1210. The zero-order valence-corrected chi connectivity index (χ0v) is 24.3. The lowest BCUT2D eigenvalue weighted by Gasteiger charge is -2.48. The van der Waals surface area contributed by atoms with Crippen LogP contribution in [-0.4, -0.2) is 51.8 Å². The Labute approximate surface area is 232 Å². The maximum Gasteiger partial charge on any atom is 0.341 e. The maximum absolute atomic E-state index is 13.7.